The van der Waals surface area contributed by atoms with Crippen molar-refractivity contribution in [3.05, 3.63) is 34.5 Å². The minimum atomic E-state index is -4.46. The van der Waals surface area contributed by atoms with Crippen LogP contribution in [0.5, 0.6) is 5.88 Å². The van der Waals surface area contributed by atoms with E-state index in [2.05, 4.69) is 24.6 Å². The van der Waals surface area contributed by atoms with Gasteiger partial charge in [-0.25, -0.2) is 4.98 Å². The molecular weight excluding hydrogens is 333 g/mol. The lowest BCUT2D eigenvalue weighted by Gasteiger charge is -2.12. The van der Waals surface area contributed by atoms with Crippen LogP contribution in [0.1, 0.15) is 27.9 Å². The van der Waals surface area contributed by atoms with Gasteiger partial charge in [0.2, 0.25) is 5.88 Å². The Bertz CT molecular complexity index is 675. The fourth-order valence-electron chi connectivity index (χ4n) is 1.71. The third kappa shape index (κ3) is 4.88. The number of halogens is 3. The average molecular weight is 346 g/mol. The molecule has 10 heteroatoms. The van der Waals surface area contributed by atoms with Gasteiger partial charge in [-0.15, -0.1) is 5.10 Å². The number of ether oxygens (including phenoxy) is 1. The molecule has 23 heavy (non-hydrogen) atoms. The van der Waals surface area contributed by atoms with E-state index in [0.717, 1.165) is 11.5 Å². The van der Waals surface area contributed by atoms with Crippen LogP contribution in [0.3, 0.4) is 0 Å². The van der Waals surface area contributed by atoms with Crippen LogP contribution in [0.4, 0.5) is 13.2 Å². The van der Waals surface area contributed by atoms with Crippen LogP contribution in [0.15, 0.2) is 18.3 Å². The molecule has 0 atom stereocenters. The summed E-state index contributed by atoms with van der Waals surface area (Å²) in [5, 5.41) is 6.43. The molecule has 0 saturated carbocycles. The Morgan fingerprint density at radius 3 is 2.91 bits per heavy atom. The SMILES string of the molecule is CCc1nnsc1C(=O)NCc1cccnc1OCC(F)(F)F. The molecule has 2 rings (SSSR count). The van der Waals surface area contributed by atoms with Gasteiger partial charge in [0.25, 0.3) is 5.91 Å². The lowest BCUT2D eigenvalue weighted by Crippen LogP contribution is -2.24. The molecule has 1 N–H and O–H groups in total. The van der Waals surface area contributed by atoms with Gasteiger partial charge in [-0.2, -0.15) is 13.2 Å². The summed E-state index contributed by atoms with van der Waals surface area (Å²) in [4.78, 5) is 16.2. The standard InChI is InChI=1S/C13H13F3N4O2S/c1-2-9-10(23-20-19-9)11(21)18-6-8-4-3-5-17-12(8)22-7-13(14,15)16/h3-5H,2,6-7H2,1H3,(H,18,21). The molecule has 2 heterocycles. The normalized spacial score (nSPS) is 11.3. The second-order valence-electron chi connectivity index (χ2n) is 4.46. The Morgan fingerprint density at radius 2 is 2.22 bits per heavy atom. The first kappa shape index (κ1) is 17.1. The quantitative estimate of drug-likeness (QED) is 0.869. The molecule has 2 aromatic rings. The molecule has 0 bridgehead atoms. The molecule has 1 amide bonds. The van der Waals surface area contributed by atoms with E-state index in [4.69, 9.17) is 0 Å². The topological polar surface area (TPSA) is 77.0 Å². The Hall–Kier alpha value is -2.23. The van der Waals surface area contributed by atoms with E-state index in [0.29, 0.717) is 22.6 Å². The molecule has 124 valence electrons. The van der Waals surface area contributed by atoms with E-state index >= 15 is 0 Å². The van der Waals surface area contributed by atoms with Crippen LogP contribution in [-0.4, -0.2) is 33.3 Å². The Kier molecular flexibility index (Phi) is 5.48. The predicted molar refractivity (Wildman–Crippen MR) is 76.2 cm³/mol. The van der Waals surface area contributed by atoms with Crippen molar-refractivity contribution in [3.63, 3.8) is 0 Å². The lowest BCUT2D eigenvalue weighted by atomic mass is 10.2. The maximum atomic E-state index is 12.2. The summed E-state index contributed by atoms with van der Waals surface area (Å²) in [6, 6.07) is 3.08. The minimum Gasteiger partial charge on any atom is -0.468 e. The summed E-state index contributed by atoms with van der Waals surface area (Å²) >= 11 is 0.966. The van der Waals surface area contributed by atoms with Crippen molar-refractivity contribution in [3.8, 4) is 5.88 Å². The number of amides is 1. The number of carbonyl (C=O) groups is 1. The molecule has 0 aliphatic heterocycles. The number of pyridine rings is 1. The number of carbonyl (C=O) groups excluding carboxylic acids is 1. The summed E-state index contributed by atoms with van der Waals surface area (Å²) in [6.07, 6.45) is -2.58. The molecule has 0 spiro atoms. The van der Waals surface area contributed by atoms with E-state index in [-0.39, 0.29) is 18.3 Å². The zero-order valence-corrected chi connectivity index (χ0v) is 12.9. The van der Waals surface area contributed by atoms with Crippen LogP contribution in [-0.2, 0) is 13.0 Å². The first-order valence-corrected chi connectivity index (χ1v) is 7.41. The van der Waals surface area contributed by atoms with Gasteiger partial charge in [0.05, 0.1) is 5.69 Å². The summed E-state index contributed by atoms with van der Waals surface area (Å²) in [5.74, 6) is -0.550. The molecular formula is C13H13F3N4O2S. The molecule has 6 nitrogen and oxygen atoms in total. The Morgan fingerprint density at radius 1 is 1.43 bits per heavy atom. The second kappa shape index (κ2) is 7.36. The molecule has 2 aromatic heterocycles. The van der Waals surface area contributed by atoms with Gasteiger partial charge < -0.3 is 10.1 Å². The minimum absolute atomic E-state index is 0.0130. The van der Waals surface area contributed by atoms with E-state index in [1.165, 1.54) is 12.3 Å². The number of aromatic nitrogens is 3. The van der Waals surface area contributed by atoms with Gasteiger partial charge in [0.1, 0.15) is 4.88 Å². The summed E-state index contributed by atoms with van der Waals surface area (Å²) in [7, 11) is 0. The highest BCUT2D eigenvalue weighted by Gasteiger charge is 2.29. The number of aryl methyl sites for hydroxylation is 1. The van der Waals surface area contributed by atoms with Crippen molar-refractivity contribution < 1.29 is 22.7 Å². The number of hydrogen-bond donors (Lipinski definition) is 1. The smallest absolute Gasteiger partial charge is 0.422 e. The van der Waals surface area contributed by atoms with Crippen LogP contribution >= 0.6 is 11.5 Å². The van der Waals surface area contributed by atoms with Crippen LogP contribution in [0, 0.1) is 0 Å². The van der Waals surface area contributed by atoms with Crippen molar-refractivity contribution >= 4 is 17.4 Å². The van der Waals surface area contributed by atoms with E-state index in [1.54, 1.807) is 6.07 Å². The summed E-state index contributed by atoms with van der Waals surface area (Å²) < 4.78 is 45.0. The van der Waals surface area contributed by atoms with Crippen molar-refractivity contribution in [2.24, 2.45) is 0 Å². The number of nitrogens with zero attached hydrogens (tertiary/aromatic N) is 3. The van der Waals surface area contributed by atoms with E-state index in [1.807, 2.05) is 6.92 Å². The van der Waals surface area contributed by atoms with Gasteiger partial charge in [-0.1, -0.05) is 17.5 Å². The lowest BCUT2D eigenvalue weighted by molar-refractivity contribution is -0.154. The first-order chi connectivity index (χ1) is 10.9. The first-order valence-electron chi connectivity index (χ1n) is 6.63. The van der Waals surface area contributed by atoms with Gasteiger partial charge in [0, 0.05) is 18.3 Å². The van der Waals surface area contributed by atoms with Gasteiger partial charge in [-0.05, 0) is 24.0 Å². The maximum Gasteiger partial charge on any atom is 0.422 e. The monoisotopic (exact) mass is 346 g/mol. The highest BCUT2D eigenvalue weighted by atomic mass is 32.1. The summed E-state index contributed by atoms with van der Waals surface area (Å²) in [5.41, 5.74) is 0.924. The van der Waals surface area contributed by atoms with Crippen molar-refractivity contribution in [2.75, 3.05) is 6.61 Å². The molecule has 0 fully saturated rings. The number of rotatable bonds is 6. The van der Waals surface area contributed by atoms with Crippen molar-refractivity contribution in [2.45, 2.75) is 26.1 Å². The average Bonchev–Trinajstić information content (AvgIpc) is 2.99. The highest BCUT2D eigenvalue weighted by Crippen LogP contribution is 2.20. The summed E-state index contributed by atoms with van der Waals surface area (Å²) in [6.45, 7) is 0.391. The Labute approximate surface area is 133 Å². The predicted octanol–water partition coefficient (Wildman–Crippen LogP) is 2.37. The Balaban J connectivity index is 2.02. The zero-order chi connectivity index (χ0) is 16.9. The van der Waals surface area contributed by atoms with Crippen molar-refractivity contribution in [1.82, 2.24) is 19.9 Å². The molecule has 0 aromatic carbocycles. The van der Waals surface area contributed by atoms with Crippen molar-refractivity contribution in [1.29, 1.82) is 0 Å². The van der Waals surface area contributed by atoms with Gasteiger partial charge in [0.15, 0.2) is 6.61 Å². The van der Waals surface area contributed by atoms with Gasteiger partial charge >= 0.3 is 6.18 Å². The van der Waals surface area contributed by atoms with Gasteiger partial charge in [-0.3, -0.25) is 4.79 Å². The molecule has 0 saturated heterocycles. The van der Waals surface area contributed by atoms with E-state index < -0.39 is 12.8 Å². The molecule has 0 radical (unpaired) electrons. The third-order valence-corrected chi connectivity index (χ3v) is 3.53. The highest BCUT2D eigenvalue weighted by molar-refractivity contribution is 7.08. The van der Waals surface area contributed by atoms with Crippen LogP contribution < -0.4 is 10.1 Å². The number of alkyl halides is 3. The molecule has 0 aliphatic rings. The maximum absolute atomic E-state index is 12.2. The number of hydrogen-bond acceptors (Lipinski definition) is 6. The van der Waals surface area contributed by atoms with Crippen LogP contribution in [0.25, 0.3) is 0 Å². The zero-order valence-electron chi connectivity index (χ0n) is 12.1. The fourth-order valence-corrected chi connectivity index (χ4v) is 2.37. The second-order valence-corrected chi connectivity index (χ2v) is 5.21. The molecule has 0 aliphatic carbocycles. The molecule has 0 unspecified atom stereocenters. The third-order valence-electron chi connectivity index (χ3n) is 2.76. The van der Waals surface area contributed by atoms with Crippen LogP contribution in [0.2, 0.25) is 0 Å². The fraction of sp³-hybridized carbons (Fsp3) is 0.385. The van der Waals surface area contributed by atoms with E-state index in [9.17, 15) is 18.0 Å². The largest absolute Gasteiger partial charge is 0.468 e. The number of nitrogens with one attached hydrogen (secondary N) is 1.